The Morgan fingerprint density at radius 3 is 2.88 bits per heavy atom. The second-order valence-corrected chi connectivity index (χ2v) is 5.41. The summed E-state index contributed by atoms with van der Waals surface area (Å²) in [5.74, 6) is 6.05. The van der Waals surface area contributed by atoms with Gasteiger partial charge in [0.25, 0.3) is 0 Å². The van der Waals surface area contributed by atoms with Crippen LogP contribution in [0.25, 0.3) is 0 Å². The van der Waals surface area contributed by atoms with Crippen molar-refractivity contribution in [3.05, 3.63) is 21.9 Å². The molecule has 0 amide bonds. The second kappa shape index (κ2) is 6.80. The zero-order valence-electron chi connectivity index (χ0n) is 10.1. The van der Waals surface area contributed by atoms with E-state index in [0.717, 1.165) is 12.1 Å². The summed E-state index contributed by atoms with van der Waals surface area (Å²) in [7, 11) is 0. The van der Waals surface area contributed by atoms with Crippen LogP contribution < -0.4 is 0 Å². The van der Waals surface area contributed by atoms with Crippen molar-refractivity contribution in [2.45, 2.75) is 32.2 Å². The molecule has 0 aliphatic carbocycles. The van der Waals surface area contributed by atoms with E-state index >= 15 is 0 Å². The van der Waals surface area contributed by atoms with Crippen molar-refractivity contribution in [3.63, 3.8) is 0 Å². The van der Waals surface area contributed by atoms with E-state index in [0.29, 0.717) is 6.42 Å². The van der Waals surface area contributed by atoms with Gasteiger partial charge in [0.1, 0.15) is 0 Å². The molecule has 1 saturated heterocycles. The number of aliphatic hydroxyl groups excluding tert-OH is 1. The van der Waals surface area contributed by atoms with Crippen molar-refractivity contribution in [2.75, 3.05) is 19.7 Å². The molecule has 1 aromatic heterocycles. The summed E-state index contributed by atoms with van der Waals surface area (Å²) in [6.45, 7) is 3.71. The molecule has 0 atom stereocenters. The van der Waals surface area contributed by atoms with E-state index in [1.165, 1.54) is 37.2 Å². The Bertz CT molecular complexity index is 396. The lowest BCUT2D eigenvalue weighted by Crippen LogP contribution is -2.28. The van der Waals surface area contributed by atoms with Gasteiger partial charge in [0.15, 0.2) is 0 Å². The number of rotatable bonds is 3. The second-order valence-electron chi connectivity index (χ2n) is 4.41. The minimum atomic E-state index is 0.151. The number of hydrogen-bond donors (Lipinski definition) is 1. The minimum absolute atomic E-state index is 0.151. The first-order chi connectivity index (χ1) is 8.38. The molecular weight excluding hydrogens is 230 g/mol. The summed E-state index contributed by atoms with van der Waals surface area (Å²) in [6, 6.07) is 2.18. The molecular formula is C14H19NOS. The Labute approximate surface area is 107 Å². The highest BCUT2D eigenvalue weighted by atomic mass is 32.1. The zero-order chi connectivity index (χ0) is 11.9. The minimum Gasteiger partial charge on any atom is -0.395 e. The van der Waals surface area contributed by atoms with Crippen molar-refractivity contribution in [1.29, 1.82) is 0 Å². The summed E-state index contributed by atoms with van der Waals surface area (Å²) in [5, 5.41) is 10.8. The number of piperidine rings is 1. The average molecular weight is 249 g/mol. The lowest BCUT2D eigenvalue weighted by Gasteiger charge is -2.25. The Morgan fingerprint density at radius 1 is 1.29 bits per heavy atom. The molecule has 2 nitrogen and oxygen atoms in total. The molecule has 0 spiro atoms. The number of nitrogens with zero attached hydrogens (tertiary/aromatic N) is 1. The van der Waals surface area contributed by atoms with Gasteiger partial charge < -0.3 is 5.11 Å². The van der Waals surface area contributed by atoms with Crippen LogP contribution in [-0.2, 0) is 6.54 Å². The monoisotopic (exact) mass is 249 g/mol. The van der Waals surface area contributed by atoms with Crippen LogP contribution in [0.1, 0.15) is 36.1 Å². The predicted molar refractivity (Wildman–Crippen MR) is 72.0 cm³/mol. The molecule has 1 aliphatic rings. The van der Waals surface area contributed by atoms with Crippen LogP contribution in [0.15, 0.2) is 11.4 Å². The molecule has 0 aromatic carbocycles. The van der Waals surface area contributed by atoms with E-state index in [9.17, 15) is 0 Å². The van der Waals surface area contributed by atoms with E-state index in [2.05, 4.69) is 28.2 Å². The third-order valence-electron chi connectivity index (χ3n) is 2.95. The topological polar surface area (TPSA) is 23.5 Å². The van der Waals surface area contributed by atoms with Crippen LogP contribution >= 0.6 is 11.3 Å². The highest BCUT2D eigenvalue weighted by molar-refractivity contribution is 7.10. The number of hydrogen-bond acceptors (Lipinski definition) is 3. The van der Waals surface area contributed by atoms with E-state index in [1.807, 2.05) is 0 Å². The summed E-state index contributed by atoms with van der Waals surface area (Å²) in [6.07, 6.45) is 4.64. The molecule has 0 radical (unpaired) electrons. The van der Waals surface area contributed by atoms with Gasteiger partial charge in [0.2, 0.25) is 0 Å². The molecule has 2 rings (SSSR count). The van der Waals surface area contributed by atoms with E-state index in [1.54, 1.807) is 11.3 Å². The summed E-state index contributed by atoms with van der Waals surface area (Å²) >= 11 is 1.79. The molecule has 17 heavy (non-hydrogen) atoms. The van der Waals surface area contributed by atoms with E-state index < -0.39 is 0 Å². The van der Waals surface area contributed by atoms with E-state index in [4.69, 9.17) is 5.11 Å². The molecule has 3 heteroatoms. The zero-order valence-corrected chi connectivity index (χ0v) is 10.9. The third kappa shape index (κ3) is 4.16. The molecule has 1 N–H and O–H groups in total. The van der Waals surface area contributed by atoms with Crippen molar-refractivity contribution >= 4 is 11.3 Å². The standard InChI is InChI=1S/C14H19NOS/c16-9-5-2-6-13-10-14(17-12-13)11-15-7-3-1-4-8-15/h10,12,16H,1,3-5,7-9,11H2. The van der Waals surface area contributed by atoms with Gasteiger partial charge in [-0.25, -0.2) is 0 Å². The third-order valence-corrected chi connectivity index (χ3v) is 3.87. The average Bonchev–Trinajstić information content (AvgIpc) is 2.79. The molecule has 1 aliphatic heterocycles. The van der Waals surface area contributed by atoms with Gasteiger partial charge in [-0.3, -0.25) is 4.90 Å². The molecule has 2 heterocycles. The van der Waals surface area contributed by atoms with Crippen molar-refractivity contribution in [3.8, 4) is 11.8 Å². The molecule has 1 aromatic rings. The van der Waals surface area contributed by atoms with Gasteiger partial charge in [0, 0.05) is 28.8 Å². The fourth-order valence-electron chi connectivity index (χ4n) is 2.09. The maximum atomic E-state index is 8.66. The van der Waals surface area contributed by atoms with Gasteiger partial charge in [-0.05, 0) is 32.0 Å². The first-order valence-corrected chi connectivity index (χ1v) is 7.16. The van der Waals surface area contributed by atoms with Crippen molar-refractivity contribution in [2.24, 2.45) is 0 Å². The fraction of sp³-hybridized carbons (Fsp3) is 0.571. The molecule has 0 bridgehead atoms. The summed E-state index contributed by atoms with van der Waals surface area (Å²) in [4.78, 5) is 3.93. The SMILES string of the molecule is OCCC#Cc1csc(CN2CCCCC2)c1. The lowest BCUT2D eigenvalue weighted by atomic mass is 10.1. The summed E-state index contributed by atoms with van der Waals surface area (Å²) < 4.78 is 0. The molecule has 0 unspecified atom stereocenters. The fourth-order valence-corrected chi connectivity index (χ4v) is 2.94. The Kier molecular flexibility index (Phi) is 5.06. The Hall–Kier alpha value is -0.820. The largest absolute Gasteiger partial charge is 0.395 e. The van der Waals surface area contributed by atoms with Gasteiger partial charge in [-0.2, -0.15) is 0 Å². The van der Waals surface area contributed by atoms with Gasteiger partial charge in [-0.1, -0.05) is 18.3 Å². The highest BCUT2D eigenvalue weighted by Gasteiger charge is 2.11. The van der Waals surface area contributed by atoms with Gasteiger partial charge in [-0.15, -0.1) is 11.3 Å². The van der Waals surface area contributed by atoms with Crippen molar-refractivity contribution < 1.29 is 5.11 Å². The van der Waals surface area contributed by atoms with Crippen LogP contribution in [0.5, 0.6) is 0 Å². The molecule has 0 saturated carbocycles. The van der Waals surface area contributed by atoms with Crippen LogP contribution in [0.3, 0.4) is 0 Å². The normalized spacial score (nSPS) is 16.5. The Morgan fingerprint density at radius 2 is 2.12 bits per heavy atom. The van der Waals surface area contributed by atoms with Crippen LogP contribution in [-0.4, -0.2) is 29.7 Å². The first-order valence-electron chi connectivity index (χ1n) is 6.28. The van der Waals surface area contributed by atoms with E-state index in [-0.39, 0.29) is 6.61 Å². The highest BCUT2D eigenvalue weighted by Crippen LogP contribution is 2.18. The first kappa shape index (κ1) is 12.6. The van der Waals surface area contributed by atoms with Gasteiger partial charge >= 0.3 is 0 Å². The van der Waals surface area contributed by atoms with Crippen LogP contribution in [0.4, 0.5) is 0 Å². The number of thiophene rings is 1. The molecule has 92 valence electrons. The maximum Gasteiger partial charge on any atom is 0.0540 e. The molecule has 1 fully saturated rings. The van der Waals surface area contributed by atoms with Crippen LogP contribution in [0.2, 0.25) is 0 Å². The summed E-state index contributed by atoms with van der Waals surface area (Å²) in [5.41, 5.74) is 1.09. The quantitative estimate of drug-likeness (QED) is 0.832. The van der Waals surface area contributed by atoms with Gasteiger partial charge in [0.05, 0.1) is 6.61 Å². The smallest absolute Gasteiger partial charge is 0.0540 e. The van der Waals surface area contributed by atoms with Crippen LogP contribution in [0, 0.1) is 11.8 Å². The maximum absolute atomic E-state index is 8.66. The lowest BCUT2D eigenvalue weighted by molar-refractivity contribution is 0.222. The number of likely N-dealkylation sites (tertiary alicyclic amines) is 1. The van der Waals surface area contributed by atoms with Crippen molar-refractivity contribution in [1.82, 2.24) is 4.90 Å². The number of aliphatic hydroxyl groups is 1. The predicted octanol–water partition coefficient (Wildman–Crippen LogP) is 2.47. The Balaban J connectivity index is 1.87.